The smallest absolute Gasteiger partial charge is 0.272 e. The van der Waals surface area contributed by atoms with E-state index in [0.29, 0.717) is 36.3 Å². The Bertz CT molecular complexity index is 944. The van der Waals surface area contributed by atoms with E-state index in [-0.39, 0.29) is 17.6 Å². The van der Waals surface area contributed by atoms with Crippen LogP contribution in [0.25, 0.3) is 0 Å². The second-order valence-electron chi connectivity index (χ2n) is 7.68. The number of carbonyl (C=O) groups excluding carboxylic acids is 3. The Labute approximate surface area is 164 Å². The van der Waals surface area contributed by atoms with Gasteiger partial charge in [-0.3, -0.25) is 14.4 Å². The summed E-state index contributed by atoms with van der Waals surface area (Å²) in [6.45, 7) is 3.18. The maximum absolute atomic E-state index is 12.8. The van der Waals surface area contributed by atoms with Crippen LogP contribution in [0.4, 0.5) is 5.69 Å². The number of anilines is 1. The van der Waals surface area contributed by atoms with Crippen molar-refractivity contribution in [1.29, 1.82) is 0 Å². The van der Waals surface area contributed by atoms with Gasteiger partial charge in [-0.1, -0.05) is 12.1 Å². The summed E-state index contributed by atoms with van der Waals surface area (Å²) in [5.74, 6) is 0.0612. The van der Waals surface area contributed by atoms with Gasteiger partial charge in [0, 0.05) is 42.9 Å². The number of nitrogens with one attached hydrogen (secondary N) is 2. The standard InChI is InChI=1S/C22H25N3O3/c1-14-20-17(8-5-9-18(20)26)24-21(14)22(28)23-16-7-4-6-15(12-16)13-25-11-3-2-10-19(25)27/h4,6-7,12,24H,2-3,5,8-11,13H2,1H3,(H,23,28). The van der Waals surface area contributed by atoms with Crippen LogP contribution < -0.4 is 5.32 Å². The topological polar surface area (TPSA) is 82.3 Å². The molecule has 2 heterocycles. The molecule has 1 aromatic heterocycles. The number of aromatic nitrogens is 1. The summed E-state index contributed by atoms with van der Waals surface area (Å²) >= 11 is 0. The normalized spacial score (nSPS) is 16.8. The van der Waals surface area contributed by atoms with Crippen LogP contribution in [-0.4, -0.2) is 34.0 Å². The maximum Gasteiger partial charge on any atom is 0.272 e. The highest BCUT2D eigenvalue weighted by Gasteiger charge is 2.26. The lowest BCUT2D eigenvalue weighted by Crippen LogP contribution is -2.34. The Morgan fingerprint density at radius 2 is 2.00 bits per heavy atom. The molecule has 1 fully saturated rings. The first kappa shape index (κ1) is 18.5. The predicted octanol–water partition coefficient (Wildman–Crippen LogP) is 3.61. The molecular formula is C22H25N3O3. The molecule has 2 N–H and O–H groups in total. The SMILES string of the molecule is Cc1c(C(=O)Nc2cccc(CN3CCCCC3=O)c2)[nH]c2c1C(=O)CCC2. The lowest BCUT2D eigenvalue weighted by molar-refractivity contribution is -0.133. The minimum Gasteiger partial charge on any atom is -0.354 e. The van der Waals surface area contributed by atoms with Crippen LogP contribution in [0.2, 0.25) is 0 Å². The Balaban J connectivity index is 1.49. The third-order valence-electron chi connectivity index (χ3n) is 5.64. The first-order chi connectivity index (χ1) is 13.5. The fraction of sp³-hybridized carbons (Fsp3) is 0.409. The third kappa shape index (κ3) is 3.59. The summed E-state index contributed by atoms with van der Waals surface area (Å²) < 4.78 is 0. The van der Waals surface area contributed by atoms with Crippen LogP contribution in [0, 0.1) is 6.92 Å². The number of Topliss-reactive ketones (excluding diaryl/α,β-unsaturated/α-hetero) is 1. The molecule has 1 aliphatic heterocycles. The molecule has 0 saturated carbocycles. The second kappa shape index (κ2) is 7.62. The molecular weight excluding hydrogens is 354 g/mol. The van der Waals surface area contributed by atoms with E-state index in [1.807, 2.05) is 36.1 Å². The number of fused-ring (bicyclic) bond motifs is 1. The van der Waals surface area contributed by atoms with Crippen molar-refractivity contribution >= 4 is 23.3 Å². The van der Waals surface area contributed by atoms with Crippen molar-refractivity contribution in [2.75, 3.05) is 11.9 Å². The average molecular weight is 379 g/mol. The van der Waals surface area contributed by atoms with Gasteiger partial charge in [0.1, 0.15) is 5.69 Å². The number of aryl methyl sites for hydroxylation is 1. The zero-order valence-electron chi connectivity index (χ0n) is 16.1. The molecule has 146 valence electrons. The van der Waals surface area contributed by atoms with Crippen LogP contribution in [-0.2, 0) is 17.8 Å². The Morgan fingerprint density at radius 3 is 2.79 bits per heavy atom. The molecule has 0 unspecified atom stereocenters. The zero-order chi connectivity index (χ0) is 19.7. The maximum atomic E-state index is 12.8. The number of rotatable bonds is 4. The Kier molecular flexibility index (Phi) is 5.03. The van der Waals surface area contributed by atoms with Crippen LogP contribution in [0.1, 0.15) is 69.8 Å². The van der Waals surface area contributed by atoms with Gasteiger partial charge in [0.05, 0.1) is 0 Å². The van der Waals surface area contributed by atoms with E-state index in [1.54, 1.807) is 0 Å². The summed E-state index contributed by atoms with van der Waals surface area (Å²) in [6, 6.07) is 7.59. The van der Waals surface area contributed by atoms with E-state index in [4.69, 9.17) is 0 Å². The lowest BCUT2D eigenvalue weighted by Gasteiger charge is -2.26. The molecule has 2 amide bonds. The van der Waals surface area contributed by atoms with Gasteiger partial charge in [0.25, 0.3) is 5.91 Å². The second-order valence-corrected chi connectivity index (χ2v) is 7.68. The number of piperidine rings is 1. The van der Waals surface area contributed by atoms with E-state index in [0.717, 1.165) is 49.0 Å². The number of aromatic amines is 1. The van der Waals surface area contributed by atoms with Gasteiger partial charge in [0.2, 0.25) is 5.91 Å². The summed E-state index contributed by atoms with van der Waals surface area (Å²) in [5.41, 5.74) is 4.42. The molecule has 2 aromatic rings. The largest absolute Gasteiger partial charge is 0.354 e. The fourth-order valence-corrected chi connectivity index (χ4v) is 4.19. The highest BCUT2D eigenvalue weighted by Crippen LogP contribution is 2.27. The van der Waals surface area contributed by atoms with Gasteiger partial charge in [-0.2, -0.15) is 0 Å². The number of H-pyrrole nitrogens is 1. The highest BCUT2D eigenvalue weighted by molar-refractivity contribution is 6.08. The number of nitrogens with zero attached hydrogens (tertiary/aromatic N) is 1. The van der Waals surface area contributed by atoms with Crippen molar-refractivity contribution in [3.63, 3.8) is 0 Å². The van der Waals surface area contributed by atoms with Crippen molar-refractivity contribution < 1.29 is 14.4 Å². The number of likely N-dealkylation sites (tertiary alicyclic amines) is 1. The summed E-state index contributed by atoms with van der Waals surface area (Å²) in [4.78, 5) is 42.0. The third-order valence-corrected chi connectivity index (χ3v) is 5.64. The molecule has 28 heavy (non-hydrogen) atoms. The number of benzene rings is 1. The van der Waals surface area contributed by atoms with Crippen molar-refractivity contribution in [2.24, 2.45) is 0 Å². The van der Waals surface area contributed by atoms with Crippen molar-refractivity contribution in [2.45, 2.75) is 52.0 Å². The van der Waals surface area contributed by atoms with Gasteiger partial charge >= 0.3 is 0 Å². The number of hydrogen-bond acceptors (Lipinski definition) is 3. The lowest BCUT2D eigenvalue weighted by atomic mass is 9.94. The molecule has 6 heteroatoms. The molecule has 1 aliphatic carbocycles. The van der Waals surface area contributed by atoms with Crippen molar-refractivity contribution in [3.8, 4) is 0 Å². The van der Waals surface area contributed by atoms with Crippen molar-refractivity contribution in [3.05, 3.63) is 52.3 Å². The Morgan fingerprint density at radius 1 is 1.14 bits per heavy atom. The van der Waals surface area contributed by atoms with Crippen LogP contribution in [0.3, 0.4) is 0 Å². The van der Waals surface area contributed by atoms with Gasteiger partial charge in [-0.25, -0.2) is 0 Å². The molecule has 4 rings (SSSR count). The number of hydrogen-bond donors (Lipinski definition) is 2. The van der Waals surface area contributed by atoms with E-state index < -0.39 is 0 Å². The quantitative estimate of drug-likeness (QED) is 0.851. The Hall–Kier alpha value is -2.89. The first-order valence-electron chi connectivity index (χ1n) is 9.95. The average Bonchev–Trinajstić information content (AvgIpc) is 3.02. The van der Waals surface area contributed by atoms with Gasteiger partial charge in [-0.05, 0) is 55.9 Å². The van der Waals surface area contributed by atoms with E-state index >= 15 is 0 Å². The zero-order valence-corrected chi connectivity index (χ0v) is 16.1. The summed E-state index contributed by atoms with van der Waals surface area (Å²) in [6.07, 6.45) is 4.79. The number of carbonyl (C=O) groups is 3. The molecule has 2 aliphatic rings. The van der Waals surface area contributed by atoms with Gasteiger partial charge in [0.15, 0.2) is 5.78 Å². The molecule has 6 nitrogen and oxygen atoms in total. The van der Waals surface area contributed by atoms with Crippen molar-refractivity contribution in [1.82, 2.24) is 9.88 Å². The van der Waals surface area contributed by atoms with E-state index in [1.165, 1.54) is 0 Å². The van der Waals surface area contributed by atoms with E-state index in [2.05, 4.69) is 10.3 Å². The summed E-state index contributed by atoms with van der Waals surface area (Å²) in [5, 5.41) is 2.93. The first-order valence-corrected chi connectivity index (χ1v) is 9.95. The van der Waals surface area contributed by atoms with Crippen LogP contribution in [0.15, 0.2) is 24.3 Å². The molecule has 0 atom stereocenters. The molecule has 0 bridgehead atoms. The van der Waals surface area contributed by atoms with Gasteiger partial charge < -0.3 is 15.2 Å². The minimum atomic E-state index is -0.245. The minimum absolute atomic E-state index is 0.113. The molecule has 0 spiro atoms. The predicted molar refractivity (Wildman–Crippen MR) is 106 cm³/mol. The molecule has 1 saturated heterocycles. The molecule has 0 radical (unpaired) electrons. The van der Waals surface area contributed by atoms with Crippen LogP contribution in [0.5, 0.6) is 0 Å². The monoisotopic (exact) mass is 379 g/mol. The number of ketones is 1. The highest BCUT2D eigenvalue weighted by atomic mass is 16.2. The summed E-state index contributed by atoms with van der Waals surface area (Å²) in [7, 11) is 0. The van der Waals surface area contributed by atoms with E-state index in [9.17, 15) is 14.4 Å². The number of amides is 2. The fourth-order valence-electron chi connectivity index (χ4n) is 4.19. The molecule has 1 aromatic carbocycles. The van der Waals surface area contributed by atoms with Crippen LogP contribution >= 0.6 is 0 Å². The van der Waals surface area contributed by atoms with Gasteiger partial charge in [-0.15, -0.1) is 0 Å².